The first kappa shape index (κ1) is 11.0. The average molecular weight is 241 g/mol. The van der Waals surface area contributed by atoms with Crippen LogP contribution in [0.2, 0.25) is 5.02 Å². The first-order valence-electron chi connectivity index (χ1n) is 4.76. The van der Waals surface area contributed by atoms with Gasteiger partial charge in [-0.25, -0.2) is 4.39 Å². The molecule has 1 aromatic rings. The number of nitrogens with one attached hydrogen (secondary N) is 1. The van der Waals surface area contributed by atoms with E-state index in [1.807, 2.05) is 0 Å². The van der Waals surface area contributed by atoms with Gasteiger partial charge in [0.25, 0.3) is 0 Å². The zero-order valence-corrected chi connectivity index (χ0v) is 9.22. The largest absolute Gasteiger partial charge is 0.357 e. The van der Waals surface area contributed by atoms with Crippen LogP contribution in [0.3, 0.4) is 0 Å². The summed E-state index contributed by atoms with van der Waals surface area (Å²) >= 11 is 5.71. The van der Waals surface area contributed by atoms with E-state index in [0.717, 1.165) is 0 Å². The van der Waals surface area contributed by atoms with Gasteiger partial charge < -0.3 is 10.2 Å². The summed E-state index contributed by atoms with van der Waals surface area (Å²) in [5.74, 6) is -0.711. The van der Waals surface area contributed by atoms with Gasteiger partial charge in [0, 0.05) is 12.6 Å². The molecule has 0 spiro atoms. The highest BCUT2D eigenvalue weighted by molar-refractivity contribution is 6.31. The number of benzene rings is 1. The van der Waals surface area contributed by atoms with E-state index in [2.05, 4.69) is 11.9 Å². The van der Waals surface area contributed by atoms with E-state index in [-0.39, 0.29) is 17.5 Å². The summed E-state index contributed by atoms with van der Waals surface area (Å²) in [7, 11) is 0. The Morgan fingerprint density at radius 2 is 2.38 bits per heavy atom. The standard InChI is InChI=1S/C11H10ClFN2O/c1-2-3-15-6-11(16)14-9-5-8(13)7(12)4-10(9)15/h2,4-5H,1,3,6H2,(H,14,16). The molecule has 1 N–H and O–H groups in total. The highest BCUT2D eigenvalue weighted by Crippen LogP contribution is 2.33. The number of fused-ring (bicyclic) bond motifs is 1. The number of rotatable bonds is 2. The van der Waals surface area contributed by atoms with Crippen LogP contribution in [0.25, 0.3) is 0 Å². The first-order chi connectivity index (χ1) is 7.61. The predicted molar refractivity (Wildman–Crippen MR) is 62.4 cm³/mol. The van der Waals surface area contributed by atoms with E-state index in [1.165, 1.54) is 12.1 Å². The Bertz CT molecular complexity index is 462. The molecule has 1 aromatic carbocycles. The van der Waals surface area contributed by atoms with Crippen molar-refractivity contribution in [3.63, 3.8) is 0 Å². The molecular formula is C11H10ClFN2O. The van der Waals surface area contributed by atoms with Crippen LogP contribution < -0.4 is 10.2 Å². The van der Waals surface area contributed by atoms with Crippen LogP contribution in [-0.4, -0.2) is 19.0 Å². The molecule has 5 heteroatoms. The molecule has 0 fully saturated rings. The Labute approximate surface area is 97.5 Å². The lowest BCUT2D eigenvalue weighted by molar-refractivity contribution is -0.115. The van der Waals surface area contributed by atoms with Crippen molar-refractivity contribution in [3.8, 4) is 0 Å². The summed E-state index contributed by atoms with van der Waals surface area (Å²) < 4.78 is 13.2. The van der Waals surface area contributed by atoms with Gasteiger partial charge in [0.15, 0.2) is 0 Å². The SMILES string of the molecule is C=CCN1CC(=O)Nc2cc(F)c(Cl)cc21. The molecule has 16 heavy (non-hydrogen) atoms. The Hall–Kier alpha value is -1.55. The molecule has 1 amide bonds. The van der Waals surface area contributed by atoms with E-state index >= 15 is 0 Å². The van der Waals surface area contributed by atoms with Gasteiger partial charge in [-0.05, 0) is 6.07 Å². The normalized spacial score (nSPS) is 14.4. The summed E-state index contributed by atoms with van der Waals surface area (Å²) in [6.45, 7) is 4.35. The lowest BCUT2D eigenvalue weighted by Gasteiger charge is -2.30. The molecule has 0 saturated heterocycles. The quantitative estimate of drug-likeness (QED) is 0.806. The van der Waals surface area contributed by atoms with Crippen molar-refractivity contribution in [2.75, 3.05) is 23.3 Å². The number of carbonyl (C=O) groups is 1. The molecule has 3 nitrogen and oxygen atoms in total. The Balaban J connectivity index is 2.48. The van der Waals surface area contributed by atoms with Gasteiger partial charge in [-0.3, -0.25) is 4.79 Å². The summed E-state index contributed by atoms with van der Waals surface area (Å²) in [6.07, 6.45) is 1.68. The van der Waals surface area contributed by atoms with Gasteiger partial charge >= 0.3 is 0 Å². The van der Waals surface area contributed by atoms with Crippen LogP contribution in [0.1, 0.15) is 0 Å². The molecular weight excluding hydrogens is 231 g/mol. The van der Waals surface area contributed by atoms with E-state index in [0.29, 0.717) is 17.9 Å². The van der Waals surface area contributed by atoms with E-state index in [1.54, 1.807) is 11.0 Å². The topological polar surface area (TPSA) is 32.3 Å². The van der Waals surface area contributed by atoms with Crippen LogP contribution in [-0.2, 0) is 4.79 Å². The molecule has 0 aromatic heterocycles. The number of carbonyl (C=O) groups excluding carboxylic acids is 1. The lowest BCUT2D eigenvalue weighted by Crippen LogP contribution is -2.38. The second-order valence-corrected chi connectivity index (χ2v) is 3.91. The van der Waals surface area contributed by atoms with Gasteiger partial charge in [0.1, 0.15) is 5.82 Å². The van der Waals surface area contributed by atoms with E-state index < -0.39 is 5.82 Å². The lowest BCUT2D eigenvalue weighted by atomic mass is 10.2. The van der Waals surface area contributed by atoms with Crippen molar-refractivity contribution in [3.05, 3.63) is 35.6 Å². The highest BCUT2D eigenvalue weighted by Gasteiger charge is 2.22. The maximum atomic E-state index is 13.2. The summed E-state index contributed by atoms with van der Waals surface area (Å²) in [5, 5.41) is 2.65. The average Bonchev–Trinajstić information content (AvgIpc) is 2.21. The maximum absolute atomic E-state index is 13.2. The number of amides is 1. The Morgan fingerprint density at radius 3 is 3.06 bits per heavy atom. The number of halogens is 2. The number of nitrogens with zero attached hydrogens (tertiary/aromatic N) is 1. The third kappa shape index (κ3) is 1.88. The van der Waals surface area contributed by atoms with Crippen LogP contribution in [0.15, 0.2) is 24.8 Å². The third-order valence-corrected chi connectivity index (χ3v) is 2.63. The number of anilines is 2. The summed E-state index contributed by atoms with van der Waals surface area (Å²) in [6, 6.07) is 2.74. The second kappa shape index (κ2) is 4.14. The van der Waals surface area contributed by atoms with Crippen LogP contribution in [0.4, 0.5) is 15.8 Å². The molecule has 84 valence electrons. The van der Waals surface area contributed by atoms with Crippen molar-refractivity contribution in [1.29, 1.82) is 0 Å². The molecule has 0 saturated carbocycles. The molecule has 0 aliphatic carbocycles. The fourth-order valence-corrected chi connectivity index (χ4v) is 1.82. The number of hydrogen-bond acceptors (Lipinski definition) is 2. The highest BCUT2D eigenvalue weighted by atomic mass is 35.5. The van der Waals surface area contributed by atoms with Crippen molar-refractivity contribution >= 4 is 28.9 Å². The van der Waals surface area contributed by atoms with Crippen molar-refractivity contribution < 1.29 is 9.18 Å². The van der Waals surface area contributed by atoms with Crippen molar-refractivity contribution in [2.24, 2.45) is 0 Å². The van der Waals surface area contributed by atoms with E-state index in [4.69, 9.17) is 11.6 Å². The fourth-order valence-electron chi connectivity index (χ4n) is 1.67. The second-order valence-electron chi connectivity index (χ2n) is 3.50. The predicted octanol–water partition coefficient (Wildman–Crippen LogP) is 2.42. The summed E-state index contributed by atoms with van der Waals surface area (Å²) in [5.41, 5.74) is 1.16. The van der Waals surface area contributed by atoms with E-state index in [9.17, 15) is 9.18 Å². The zero-order valence-electron chi connectivity index (χ0n) is 8.46. The van der Waals surface area contributed by atoms with Gasteiger partial charge in [-0.2, -0.15) is 0 Å². The minimum atomic E-state index is -0.541. The zero-order chi connectivity index (χ0) is 11.7. The van der Waals surface area contributed by atoms with Crippen LogP contribution >= 0.6 is 11.6 Å². The maximum Gasteiger partial charge on any atom is 0.243 e. The van der Waals surface area contributed by atoms with Crippen molar-refractivity contribution in [2.45, 2.75) is 0 Å². The van der Waals surface area contributed by atoms with Crippen molar-refractivity contribution in [1.82, 2.24) is 0 Å². The molecule has 0 atom stereocenters. The Kier molecular flexibility index (Phi) is 2.83. The minimum absolute atomic E-state index is 0.0453. The first-order valence-corrected chi connectivity index (χ1v) is 5.14. The third-order valence-electron chi connectivity index (χ3n) is 2.34. The van der Waals surface area contributed by atoms with Gasteiger partial charge in [-0.1, -0.05) is 17.7 Å². The minimum Gasteiger partial charge on any atom is -0.357 e. The molecule has 0 unspecified atom stereocenters. The molecule has 0 bridgehead atoms. The summed E-state index contributed by atoms with van der Waals surface area (Å²) in [4.78, 5) is 13.1. The fraction of sp³-hybridized carbons (Fsp3) is 0.182. The smallest absolute Gasteiger partial charge is 0.243 e. The molecule has 0 radical (unpaired) electrons. The molecule has 1 heterocycles. The number of hydrogen-bond donors (Lipinski definition) is 1. The molecule has 2 rings (SSSR count). The van der Waals surface area contributed by atoms with Gasteiger partial charge in [0.05, 0.1) is 22.9 Å². The molecule has 1 aliphatic heterocycles. The molecule has 1 aliphatic rings. The van der Waals surface area contributed by atoms with Gasteiger partial charge in [0.2, 0.25) is 5.91 Å². The van der Waals surface area contributed by atoms with Crippen LogP contribution in [0.5, 0.6) is 0 Å². The monoisotopic (exact) mass is 240 g/mol. The van der Waals surface area contributed by atoms with Crippen LogP contribution in [0, 0.1) is 5.82 Å². The Morgan fingerprint density at radius 1 is 1.62 bits per heavy atom. The van der Waals surface area contributed by atoms with Gasteiger partial charge in [-0.15, -0.1) is 6.58 Å².